The van der Waals surface area contributed by atoms with Crippen LogP contribution in [-0.4, -0.2) is 55.4 Å². The molecule has 0 spiro atoms. The summed E-state index contributed by atoms with van der Waals surface area (Å²) in [6.45, 7) is 5.41. The summed E-state index contributed by atoms with van der Waals surface area (Å²) in [7, 11) is 0. The Hall–Kier alpha value is -1.89. The Morgan fingerprint density at radius 2 is 2.04 bits per heavy atom. The van der Waals surface area contributed by atoms with E-state index in [0.29, 0.717) is 10.1 Å². The van der Waals surface area contributed by atoms with Crippen LogP contribution in [0.3, 0.4) is 0 Å². The fraction of sp³-hybridized carbons (Fsp3) is 0.368. The van der Waals surface area contributed by atoms with Crippen LogP contribution in [0.1, 0.15) is 12.0 Å². The molecule has 132 valence electrons. The van der Waals surface area contributed by atoms with Crippen molar-refractivity contribution < 1.29 is 9.53 Å². The highest BCUT2D eigenvalue weighted by Crippen LogP contribution is 2.23. The van der Waals surface area contributed by atoms with Crippen LogP contribution in [0.15, 0.2) is 52.4 Å². The van der Waals surface area contributed by atoms with Crippen molar-refractivity contribution in [1.82, 2.24) is 10.2 Å². The molecule has 2 fully saturated rings. The molecule has 1 N–H and O–H groups in total. The first-order valence-corrected chi connectivity index (χ1v) is 9.40. The third-order valence-electron chi connectivity index (χ3n) is 3.98. The Kier molecular flexibility index (Phi) is 6.85. The summed E-state index contributed by atoms with van der Waals surface area (Å²) in [5, 5.41) is 3.53. The van der Waals surface area contributed by atoms with Gasteiger partial charge in [-0.3, -0.25) is 14.7 Å². The van der Waals surface area contributed by atoms with Crippen molar-refractivity contribution in [2.24, 2.45) is 4.99 Å². The number of hydrogen-bond donors (Lipinski definition) is 1. The van der Waals surface area contributed by atoms with E-state index in [2.05, 4.69) is 15.2 Å². The van der Waals surface area contributed by atoms with Crippen LogP contribution in [0.5, 0.6) is 0 Å². The molecule has 0 atom stereocenters. The quantitative estimate of drug-likeness (QED) is 0.628. The van der Waals surface area contributed by atoms with E-state index < -0.39 is 0 Å². The maximum Gasteiger partial charge on any atom is 0.264 e. The van der Waals surface area contributed by atoms with Gasteiger partial charge < -0.3 is 10.1 Å². The third-order valence-corrected chi connectivity index (χ3v) is 4.94. The van der Waals surface area contributed by atoms with Gasteiger partial charge in [-0.05, 0) is 29.8 Å². The van der Waals surface area contributed by atoms with Gasteiger partial charge in [0.2, 0.25) is 0 Å². The number of nitrogens with zero attached hydrogens (tertiary/aromatic N) is 2. The Labute approximate surface area is 152 Å². The van der Waals surface area contributed by atoms with E-state index in [1.54, 1.807) is 0 Å². The molecule has 1 amide bonds. The minimum atomic E-state index is -0.0744. The van der Waals surface area contributed by atoms with Gasteiger partial charge in [-0.1, -0.05) is 42.5 Å². The van der Waals surface area contributed by atoms with Gasteiger partial charge in [-0.25, -0.2) is 0 Å². The highest BCUT2D eigenvalue weighted by atomic mass is 32.2. The van der Waals surface area contributed by atoms with Crippen molar-refractivity contribution in [2.45, 2.75) is 6.42 Å². The van der Waals surface area contributed by atoms with E-state index in [1.807, 2.05) is 48.6 Å². The van der Waals surface area contributed by atoms with Crippen LogP contribution < -0.4 is 5.32 Å². The number of amidine groups is 1. The van der Waals surface area contributed by atoms with Gasteiger partial charge in [0.25, 0.3) is 5.91 Å². The number of benzene rings is 1. The van der Waals surface area contributed by atoms with Crippen LogP contribution >= 0.6 is 11.8 Å². The monoisotopic (exact) mass is 357 g/mol. The molecule has 25 heavy (non-hydrogen) atoms. The highest BCUT2D eigenvalue weighted by molar-refractivity contribution is 8.18. The summed E-state index contributed by atoms with van der Waals surface area (Å²) in [5.74, 6) is -0.0744. The van der Waals surface area contributed by atoms with E-state index >= 15 is 0 Å². The van der Waals surface area contributed by atoms with Crippen molar-refractivity contribution in [3.05, 3.63) is 53.0 Å². The number of hydrogen-bond acceptors (Lipinski definition) is 5. The smallest absolute Gasteiger partial charge is 0.264 e. The van der Waals surface area contributed by atoms with Crippen molar-refractivity contribution >= 4 is 28.9 Å². The van der Waals surface area contributed by atoms with Crippen molar-refractivity contribution in [1.29, 1.82) is 0 Å². The number of thioether (sulfide) groups is 1. The number of carbonyl (C=O) groups is 1. The Morgan fingerprint density at radius 1 is 1.24 bits per heavy atom. The predicted octanol–water partition coefficient (Wildman–Crippen LogP) is 2.53. The van der Waals surface area contributed by atoms with Gasteiger partial charge in [-0.2, -0.15) is 0 Å². The third kappa shape index (κ3) is 5.85. The van der Waals surface area contributed by atoms with Crippen molar-refractivity contribution in [3.8, 4) is 0 Å². The molecule has 2 aliphatic heterocycles. The number of amides is 1. The lowest BCUT2D eigenvalue weighted by Gasteiger charge is -2.26. The van der Waals surface area contributed by atoms with E-state index in [-0.39, 0.29) is 5.91 Å². The Balaban J connectivity index is 1.44. The number of rotatable bonds is 6. The average Bonchev–Trinajstić information content (AvgIpc) is 3.00. The Bertz CT molecular complexity index is 665. The summed E-state index contributed by atoms with van der Waals surface area (Å²) in [6.07, 6.45) is 6.72. The van der Waals surface area contributed by atoms with Gasteiger partial charge in [-0.15, -0.1) is 0 Å². The Morgan fingerprint density at radius 3 is 2.84 bits per heavy atom. The standard InChI is InChI=1S/C19H23N3O2S/c23-18-17(9-4-8-16-6-2-1-3-7-16)25-19(21-18)20-10-5-11-22-12-14-24-15-13-22/h1-4,6-9H,5,10-15H2,(H,20,21,23). The molecule has 6 heteroatoms. The molecular weight excluding hydrogens is 334 g/mol. The molecule has 5 nitrogen and oxygen atoms in total. The molecule has 2 heterocycles. The van der Waals surface area contributed by atoms with Gasteiger partial charge in [0.05, 0.1) is 18.1 Å². The second-order valence-corrected chi connectivity index (χ2v) is 6.88. The van der Waals surface area contributed by atoms with Gasteiger partial charge in [0.1, 0.15) is 0 Å². The normalized spacial score (nSPS) is 22.2. The van der Waals surface area contributed by atoms with E-state index in [0.717, 1.165) is 51.4 Å². The molecule has 0 aromatic heterocycles. The summed E-state index contributed by atoms with van der Waals surface area (Å²) in [6, 6.07) is 10.0. The zero-order chi connectivity index (χ0) is 17.3. The number of allylic oxidation sites excluding steroid dienone is 2. The zero-order valence-corrected chi connectivity index (χ0v) is 15.0. The van der Waals surface area contributed by atoms with E-state index in [1.165, 1.54) is 11.8 Å². The molecule has 0 saturated carbocycles. The number of nitrogens with one attached hydrogen (secondary N) is 1. The minimum absolute atomic E-state index is 0.0744. The molecule has 1 aromatic rings. The van der Waals surface area contributed by atoms with E-state index in [4.69, 9.17) is 4.74 Å². The maximum absolute atomic E-state index is 12.0. The molecule has 0 aliphatic carbocycles. The topological polar surface area (TPSA) is 53.9 Å². The molecule has 3 rings (SSSR count). The second kappa shape index (κ2) is 9.56. The zero-order valence-electron chi connectivity index (χ0n) is 14.2. The number of morpholine rings is 1. The average molecular weight is 357 g/mol. The van der Waals surface area contributed by atoms with Crippen LogP contribution in [0.4, 0.5) is 0 Å². The SMILES string of the molecule is O=C1NC(=NCCCN2CCOCC2)SC1=CC=Cc1ccccc1. The molecule has 0 bridgehead atoms. The van der Waals surface area contributed by atoms with Gasteiger partial charge in [0.15, 0.2) is 5.17 Å². The highest BCUT2D eigenvalue weighted by Gasteiger charge is 2.22. The van der Waals surface area contributed by atoms with Crippen LogP contribution in [0.2, 0.25) is 0 Å². The number of ether oxygens (including phenoxy) is 1. The second-order valence-electron chi connectivity index (χ2n) is 5.85. The summed E-state index contributed by atoms with van der Waals surface area (Å²) in [4.78, 5) is 19.5. The molecule has 0 unspecified atom stereocenters. The molecule has 2 saturated heterocycles. The first-order valence-electron chi connectivity index (χ1n) is 8.58. The lowest BCUT2D eigenvalue weighted by Crippen LogP contribution is -2.37. The summed E-state index contributed by atoms with van der Waals surface area (Å²) < 4.78 is 5.34. The molecule has 1 aromatic carbocycles. The molecule has 0 radical (unpaired) electrons. The van der Waals surface area contributed by atoms with Gasteiger partial charge >= 0.3 is 0 Å². The fourth-order valence-electron chi connectivity index (χ4n) is 2.63. The largest absolute Gasteiger partial charge is 0.379 e. The first-order chi connectivity index (χ1) is 12.3. The van der Waals surface area contributed by atoms with Crippen molar-refractivity contribution in [2.75, 3.05) is 39.4 Å². The van der Waals surface area contributed by atoms with Gasteiger partial charge in [0, 0.05) is 26.2 Å². The number of aliphatic imine (C=N–C) groups is 1. The molecular formula is C19H23N3O2S. The van der Waals surface area contributed by atoms with Crippen LogP contribution in [0.25, 0.3) is 6.08 Å². The summed E-state index contributed by atoms with van der Waals surface area (Å²) >= 11 is 1.41. The lowest BCUT2D eigenvalue weighted by atomic mass is 10.2. The van der Waals surface area contributed by atoms with Crippen molar-refractivity contribution in [3.63, 3.8) is 0 Å². The summed E-state index contributed by atoms with van der Waals surface area (Å²) in [5.41, 5.74) is 1.11. The minimum Gasteiger partial charge on any atom is -0.379 e. The first kappa shape index (κ1) is 17.9. The number of carbonyl (C=O) groups excluding carboxylic acids is 1. The lowest BCUT2D eigenvalue weighted by molar-refractivity contribution is -0.115. The fourth-order valence-corrected chi connectivity index (χ4v) is 3.42. The van der Waals surface area contributed by atoms with Crippen LogP contribution in [0, 0.1) is 0 Å². The maximum atomic E-state index is 12.0. The predicted molar refractivity (Wildman–Crippen MR) is 103 cm³/mol. The van der Waals surface area contributed by atoms with Crippen LogP contribution in [-0.2, 0) is 9.53 Å². The van der Waals surface area contributed by atoms with E-state index in [9.17, 15) is 4.79 Å². The molecule has 2 aliphatic rings.